The second-order valence-electron chi connectivity index (χ2n) is 3.66. The molecule has 1 aromatic carbocycles. The third-order valence-electron chi connectivity index (χ3n) is 2.58. The molecule has 18 heavy (non-hydrogen) atoms. The Morgan fingerprint density at radius 3 is 2.78 bits per heavy atom. The van der Waals surface area contributed by atoms with Crippen molar-refractivity contribution in [3.63, 3.8) is 0 Å². The fraction of sp³-hybridized carbons (Fsp3) is 0.0833. The van der Waals surface area contributed by atoms with Gasteiger partial charge in [-0.3, -0.25) is 4.79 Å². The number of fused-ring (bicyclic) bond motifs is 1. The number of rotatable bonds is 2. The van der Waals surface area contributed by atoms with Gasteiger partial charge in [0.05, 0.1) is 7.11 Å². The summed E-state index contributed by atoms with van der Waals surface area (Å²) in [7, 11) is 1.62. The van der Waals surface area contributed by atoms with Crippen LogP contribution in [-0.2, 0) is 0 Å². The number of aromatic nitrogens is 3. The van der Waals surface area contributed by atoms with Gasteiger partial charge in [-0.05, 0) is 29.8 Å². The third kappa shape index (κ3) is 1.76. The molecule has 6 heteroatoms. The van der Waals surface area contributed by atoms with E-state index >= 15 is 0 Å². The zero-order valence-corrected chi connectivity index (χ0v) is 10.3. The molecule has 0 radical (unpaired) electrons. The van der Waals surface area contributed by atoms with Gasteiger partial charge in [0.2, 0.25) is 4.96 Å². The zero-order chi connectivity index (χ0) is 12.5. The lowest BCUT2D eigenvalue weighted by Gasteiger charge is -2.02. The molecule has 0 amide bonds. The molecule has 0 unspecified atom stereocenters. The van der Waals surface area contributed by atoms with Crippen LogP contribution in [0.1, 0.15) is 0 Å². The first-order valence-corrected chi connectivity index (χ1v) is 6.08. The predicted molar refractivity (Wildman–Crippen MR) is 69.1 cm³/mol. The van der Waals surface area contributed by atoms with Crippen LogP contribution in [0.25, 0.3) is 15.4 Å². The normalized spacial score (nSPS) is 10.7. The quantitative estimate of drug-likeness (QED) is 0.704. The molecule has 0 N–H and O–H groups in total. The Morgan fingerprint density at radius 2 is 2.06 bits per heavy atom. The molecule has 3 rings (SSSR count). The minimum Gasteiger partial charge on any atom is -0.497 e. The summed E-state index contributed by atoms with van der Waals surface area (Å²) in [6, 6.07) is 9.14. The number of nitrogens with zero attached hydrogens (tertiary/aromatic N) is 3. The van der Waals surface area contributed by atoms with Crippen molar-refractivity contribution >= 4 is 16.3 Å². The Morgan fingerprint density at radius 1 is 1.28 bits per heavy atom. The van der Waals surface area contributed by atoms with Gasteiger partial charge in [0.15, 0.2) is 0 Å². The van der Waals surface area contributed by atoms with Crippen molar-refractivity contribution < 1.29 is 4.74 Å². The fourth-order valence-corrected chi connectivity index (χ4v) is 2.59. The maximum absolute atomic E-state index is 11.8. The Labute approximate surface area is 106 Å². The Bertz CT molecular complexity index is 746. The molecule has 5 nitrogen and oxygen atoms in total. The summed E-state index contributed by atoms with van der Waals surface area (Å²) in [4.78, 5) is 13.3. The molecular weight excluding hydrogens is 250 g/mol. The van der Waals surface area contributed by atoms with Gasteiger partial charge in [0, 0.05) is 10.9 Å². The van der Waals surface area contributed by atoms with Crippen LogP contribution >= 0.6 is 11.3 Å². The van der Waals surface area contributed by atoms with Crippen LogP contribution < -0.4 is 10.3 Å². The first-order valence-electron chi connectivity index (χ1n) is 5.26. The summed E-state index contributed by atoms with van der Waals surface area (Å²) in [5.41, 5.74) is 0.836. The van der Waals surface area contributed by atoms with E-state index in [1.807, 2.05) is 24.3 Å². The topological polar surface area (TPSA) is 56.5 Å². The van der Waals surface area contributed by atoms with E-state index in [9.17, 15) is 4.79 Å². The standard InChI is InChI=1S/C12H9N3O2S/c1-17-9-4-2-8(3-5-9)10-6-11(16)15-7-13-14-12(15)18-10/h2-7H,1H3. The maximum atomic E-state index is 11.8. The largest absolute Gasteiger partial charge is 0.497 e. The van der Waals surface area contributed by atoms with E-state index in [-0.39, 0.29) is 5.56 Å². The summed E-state index contributed by atoms with van der Waals surface area (Å²) < 4.78 is 6.53. The third-order valence-corrected chi connectivity index (χ3v) is 3.62. The van der Waals surface area contributed by atoms with E-state index in [2.05, 4.69) is 10.2 Å². The molecule has 0 aliphatic rings. The van der Waals surface area contributed by atoms with Gasteiger partial charge in [-0.1, -0.05) is 11.3 Å². The smallest absolute Gasteiger partial charge is 0.259 e. The van der Waals surface area contributed by atoms with Crippen molar-refractivity contribution in [1.82, 2.24) is 14.6 Å². The molecule has 0 saturated heterocycles. The van der Waals surface area contributed by atoms with E-state index in [1.165, 1.54) is 22.1 Å². The molecule has 2 aromatic heterocycles. The lowest BCUT2D eigenvalue weighted by atomic mass is 10.2. The van der Waals surface area contributed by atoms with Crippen molar-refractivity contribution in [2.24, 2.45) is 0 Å². The highest BCUT2D eigenvalue weighted by Crippen LogP contribution is 2.25. The molecule has 0 aliphatic carbocycles. The first-order chi connectivity index (χ1) is 8.78. The molecule has 0 spiro atoms. The average Bonchev–Trinajstić information content (AvgIpc) is 2.88. The maximum Gasteiger partial charge on any atom is 0.259 e. The zero-order valence-electron chi connectivity index (χ0n) is 9.53. The molecular formula is C12H9N3O2S. The Kier molecular flexibility index (Phi) is 2.56. The van der Waals surface area contributed by atoms with E-state index in [1.54, 1.807) is 13.2 Å². The minimum atomic E-state index is -0.125. The average molecular weight is 259 g/mol. The highest BCUT2D eigenvalue weighted by Gasteiger charge is 2.06. The highest BCUT2D eigenvalue weighted by atomic mass is 32.1. The van der Waals surface area contributed by atoms with Gasteiger partial charge in [0.25, 0.3) is 5.56 Å². The molecule has 0 bridgehead atoms. The van der Waals surface area contributed by atoms with Gasteiger partial charge < -0.3 is 4.74 Å². The number of hydrogen-bond donors (Lipinski definition) is 0. The van der Waals surface area contributed by atoms with Gasteiger partial charge in [-0.15, -0.1) is 10.2 Å². The lowest BCUT2D eigenvalue weighted by Crippen LogP contribution is -2.08. The van der Waals surface area contributed by atoms with Gasteiger partial charge in [-0.25, -0.2) is 4.40 Å². The molecule has 90 valence electrons. The van der Waals surface area contributed by atoms with Crippen LogP contribution in [0.4, 0.5) is 0 Å². The van der Waals surface area contributed by atoms with Crippen molar-refractivity contribution in [2.75, 3.05) is 7.11 Å². The second kappa shape index (κ2) is 4.23. The van der Waals surface area contributed by atoms with Gasteiger partial charge in [0.1, 0.15) is 12.1 Å². The molecule has 0 atom stereocenters. The molecule has 3 aromatic rings. The van der Waals surface area contributed by atoms with Crippen LogP contribution in [0.15, 0.2) is 41.5 Å². The summed E-state index contributed by atoms with van der Waals surface area (Å²) in [5.74, 6) is 0.787. The van der Waals surface area contributed by atoms with Crippen LogP contribution in [0.5, 0.6) is 5.75 Å². The Hall–Kier alpha value is -2.21. The summed E-state index contributed by atoms with van der Waals surface area (Å²) in [6.45, 7) is 0. The van der Waals surface area contributed by atoms with E-state index < -0.39 is 0 Å². The molecule has 0 aliphatic heterocycles. The highest BCUT2D eigenvalue weighted by molar-refractivity contribution is 7.19. The summed E-state index contributed by atoms with van der Waals surface area (Å²) in [5, 5.41) is 7.63. The van der Waals surface area contributed by atoms with Crippen molar-refractivity contribution in [3.05, 3.63) is 47.0 Å². The first kappa shape index (κ1) is 10.9. The number of methoxy groups -OCH3 is 1. The van der Waals surface area contributed by atoms with Crippen LogP contribution in [0.3, 0.4) is 0 Å². The summed E-state index contributed by atoms with van der Waals surface area (Å²) >= 11 is 1.42. The number of ether oxygens (including phenoxy) is 1. The SMILES string of the molecule is COc1ccc(-c2cc(=O)n3cnnc3s2)cc1. The number of hydrogen-bond acceptors (Lipinski definition) is 5. The van der Waals surface area contributed by atoms with Crippen molar-refractivity contribution in [2.45, 2.75) is 0 Å². The van der Waals surface area contributed by atoms with Crippen molar-refractivity contribution in [1.29, 1.82) is 0 Å². The minimum absolute atomic E-state index is 0.125. The predicted octanol–water partition coefficient (Wildman–Crippen LogP) is 1.83. The molecule has 0 saturated carbocycles. The second-order valence-corrected chi connectivity index (χ2v) is 4.67. The molecule has 2 heterocycles. The summed E-state index contributed by atoms with van der Waals surface area (Å²) in [6.07, 6.45) is 1.42. The lowest BCUT2D eigenvalue weighted by molar-refractivity contribution is 0.415. The monoisotopic (exact) mass is 259 g/mol. The van der Waals surface area contributed by atoms with E-state index in [0.717, 1.165) is 16.2 Å². The van der Waals surface area contributed by atoms with Crippen LogP contribution in [-0.4, -0.2) is 21.7 Å². The molecule has 0 fully saturated rings. The van der Waals surface area contributed by atoms with E-state index in [0.29, 0.717) is 4.96 Å². The van der Waals surface area contributed by atoms with Crippen molar-refractivity contribution in [3.8, 4) is 16.2 Å². The van der Waals surface area contributed by atoms with Crippen LogP contribution in [0, 0.1) is 0 Å². The van der Waals surface area contributed by atoms with Crippen LogP contribution in [0.2, 0.25) is 0 Å². The van der Waals surface area contributed by atoms with Gasteiger partial charge in [-0.2, -0.15) is 0 Å². The Balaban J connectivity index is 2.15. The number of benzene rings is 1. The van der Waals surface area contributed by atoms with Gasteiger partial charge >= 0.3 is 0 Å². The fourth-order valence-electron chi connectivity index (χ4n) is 1.65. The van der Waals surface area contributed by atoms with E-state index in [4.69, 9.17) is 4.74 Å².